The zero-order valence-corrected chi connectivity index (χ0v) is 10.9. The molecule has 0 aliphatic carbocycles. The van der Waals surface area contributed by atoms with Crippen LogP contribution in [0, 0.1) is 12.8 Å². The smallest absolute Gasteiger partial charge is 0.251 e. The van der Waals surface area contributed by atoms with Gasteiger partial charge in [0.05, 0.1) is 6.10 Å². The van der Waals surface area contributed by atoms with Crippen LogP contribution in [0.5, 0.6) is 0 Å². The van der Waals surface area contributed by atoms with Crippen LogP contribution in [0.15, 0.2) is 18.2 Å². The van der Waals surface area contributed by atoms with Crippen LogP contribution in [-0.4, -0.2) is 25.2 Å². The maximum absolute atomic E-state index is 12.0. The predicted octanol–water partition coefficient (Wildman–Crippen LogP) is 1.73. The van der Waals surface area contributed by atoms with Crippen molar-refractivity contribution in [3.05, 3.63) is 29.3 Å². The Hall–Kier alpha value is -1.55. The van der Waals surface area contributed by atoms with Gasteiger partial charge in [0.2, 0.25) is 0 Å². The number of nitrogens with two attached hydrogens (primary N) is 1. The van der Waals surface area contributed by atoms with Crippen molar-refractivity contribution in [3.63, 3.8) is 0 Å². The molecular weight excluding hydrogens is 228 g/mol. The van der Waals surface area contributed by atoms with E-state index in [9.17, 15) is 4.79 Å². The molecule has 1 aliphatic heterocycles. The van der Waals surface area contributed by atoms with Crippen molar-refractivity contribution >= 4 is 11.6 Å². The molecule has 1 saturated heterocycles. The fourth-order valence-electron chi connectivity index (χ4n) is 2.15. The number of carbonyl (C=O) groups is 1. The lowest BCUT2D eigenvalue weighted by atomic mass is 10.0. The molecule has 1 amide bonds. The number of nitrogen functional groups attached to an aromatic ring is 1. The summed E-state index contributed by atoms with van der Waals surface area (Å²) < 4.78 is 5.47. The minimum atomic E-state index is -0.0687. The van der Waals surface area contributed by atoms with Gasteiger partial charge >= 0.3 is 0 Å². The first-order valence-corrected chi connectivity index (χ1v) is 6.34. The number of nitrogens with one attached hydrogen (secondary N) is 1. The second kappa shape index (κ2) is 5.40. The number of ether oxygens (including phenoxy) is 1. The first-order chi connectivity index (χ1) is 8.58. The number of benzene rings is 1. The van der Waals surface area contributed by atoms with Gasteiger partial charge in [0.15, 0.2) is 0 Å². The van der Waals surface area contributed by atoms with Crippen molar-refractivity contribution in [1.82, 2.24) is 5.32 Å². The molecular formula is C14H20N2O2. The molecule has 4 heteroatoms. The van der Waals surface area contributed by atoms with Crippen molar-refractivity contribution in [3.8, 4) is 0 Å². The lowest BCUT2D eigenvalue weighted by Crippen LogP contribution is -2.32. The summed E-state index contributed by atoms with van der Waals surface area (Å²) in [6.45, 7) is 5.43. The first kappa shape index (κ1) is 12.9. The lowest BCUT2D eigenvalue weighted by Gasteiger charge is -2.15. The van der Waals surface area contributed by atoms with Gasteiger partial charge in [-0.3, -0.25) is 4.79 Å². The monoisotopic (exact) mass is 248 g/mol. The average Bonchev–Trinajstić information content (AvgIpc) is 2.75. The zero-order valence-electron chi connectivity index (χ0n) is 10.9. The van der Waals surface area contributed by atoms with Gasteiger partial charge in [-0.1, -0.05) is 6.07 Å². The van der Waals surface area contributed by atoms with Gasteiger partial charge in [-0.15, -0.1) is 0 Å². The Kier molecular flexibility index (Phi) is 3.87. The number of hydrogen-bond acceptors (Lipinski definition) is 3. The van der Waals surface area contributed by atoms with E-state index in [1.165, 1.54) is 0 Å². The van der Waals surface area contributed by atoms with Gasteiger partial charge in [-0.2, -0.15) is 0 Å². The Morgan fingerprint density at radius 3 is 2.94 bits per heavy atom. The molecule has 2 unspecified atom stereocenters. The molecule has 0 aromatic heterocycles. The van der Waals surface area contributed by atoms with Crippen LogP contribution in [0.2, 0.25) is 0 Å². The average molecular weight is 248 g/mol. The normalized spacial score (nSPS) is 23.0. The highest BCUT2D eigenvalue weighted by atomic mass is 16.5. The molecule has 1 aliphatic rings. The van der Waals surface area contributed by atoms with E-state index in [0.29, 0.717) is 23.7 Å². The summed E-state index contributed by atoms with van der Waals surface area (Å²) >= 11 is 0. The highest BCUT2D eigenvalue weighted by molar-refractivity contribution is 5.95. The molecule has 2 rings (SSSR count). The molecule has 0 radical (unpaired) electrons. The third-order valence-electron chi connectivity index (χ3n) is 3.60. The van der Waals surface area contributed by atoms with Gasteiger partial charge in [0, 0.05) is 30.3 Å². The Bertz CT molecular complexity index is 445. The molecule has 0 spiro atoms. The van der Waals surface area contributed by atoms with E-state index >= 15 is 0 Å². The van der Waals surface area contributed by atoms with Gasteiger partial charge in [-0.05, 0) is 38.0 Å². The standard InChI is InChI=1S/C14H20N2O2/c1-9-3-4-11(7-13(9)15)14(17)16-8-12-5-6-18-10(12)2/h3-4,7,10,12H,5-6,8,15H2,1-2H3,(H,16,17). The summed E-state index contributed by atoms with van der Waals surface area (Å²) in [6.07, 6.45) is 1.24. The molecule has 1 aromatic carbocycles. The lowest BCUT2D eigenvalue weighted by molar-refractivity contribution is 0.0907. The summed E-state index contributed by atoms with van der Waals surface area (Å²) in [7, 11) is 0. The number of carbonyl (C=O) groups excluding carboxylic acids is 1. The van der Waals surface area contributed by atoms with E-state index in [2.05, 4.69) is 5.32 Å². The summed E-state index contributed by atoms with van der Waals surface area (Å²) in [4.78, 5) is 12.0. The number of rotatable bonds is 3. The molecule has 98 valence electrons. The molecule has 18 heavy (non-hydrogen) atoms. The predicted molar refractivity (Wildman–Crippen MR) is 71.4 cm³/mol. The number of hydrogen-bond donors (Lipinski definition) is 2. The van der Waals surface area contributed by atoms with Crippen LogP contribution in [0.1, 0.15) is 29.3 Å². The third kappa shape index (κ3) is 2.82. The van der Waals surface area contributed by atoms with Crippen LogP contribution in [0.4, 0.5) is 5.69 Å². The molecule has 3 N–H and O–H groups in total. The van der Waals surface area contributed by atoms with E-state index in [4.69, 9.17) is 10.5 Å². The molecule has 0 saturated carbocycles. The third-order valence-corrected chi connectivity index (χ3v) is 3.60. The van der Waals surface area contributed by atoms with E-state index in [1.54, 1.807) is 12.1 Å². The highest BCUT2D eigenvalue weighted by Crippen LogP contribution is 2.19. The van der Waals surface area contributed by atoms with E-state index in [-0.39, 0.29) is 12.0 Å². The van der Waals surface area contributed by atoms with Crippen molar-refractivity contribution in [1.29, 1.82) is 0 Å². The number of anilines is 1. The van der Waals surface area contributed by atoms with Crippen molar-refractivity contribution in [2.45, 2.75) is 26.4 Å². The van der Waals surface area contributed by atoms with Gasteiger partial charge in [-0.25, -0.2) is 0 Å². The van der Waals surface area contributed by atoms with Crippen LogP contribution >= 0.6 is 0 Å². The Morgan fingerprint density at radius 1 is 1.56 bits per heavy atom. The van der Waals surface area contributed by atoms with Crippen LogP contribution < -0.4 is 11.1 Å². The molecule has 0 bridgehead atoms. The van der Waals surface area contributed by atoms with Crippen molar-refractivity contribution in [2.75, 3.05) is 18.9 Å². The SMILES string of the molecule is Cc1ccc(C(=O)NCC2CCOC2C)cc1N. The molecule has 2 atom stereocenters. The topological polar surface area (TPSA) is 64.3 Å². The first-order valence-electron chi connectivity index (χ1n) is 6.34. The quantitative estimate of drug-likeness (QED) is 0.801. The summed E-state index contributed by atoms with van der Waals surface area (Å²) in [5.41, 5.74) is 8.06. The second-order valence-electron chi connectivity index (χ2n) is 4.91. The van der Waals surface area contributed by atoms with E-state index in [1.807, 2.05) is 19.9 Å². The van der Waals surface area contributed by atoms with Gasteiger partial charge < -0.3 is 15.8 Å². The van der Waals surface area contributed by atoms with E-state index in [0.717, 1.165) is 18.6 Å². The van der Waals surface area contributed by atoms with Crippen LogP contribution in [0.25, 0.3) is 0 Å². The number of aryl methyl sites for hydroxylation is 1. The maximum atomic E-state index is 12.0. The van der Waals surface area contributed by atoms with Crippen LogP contribution in [0.3, 0.4) is 0 Å². The zero-order chi connectivity index (χ0) is 13.1. The van der Waals surface area contributed by atoms with Crippen molar-refractivity contribution < 1.29 is 9.53 Å². The fraction of sp³-hybridized carbons (Fsp3) is 0.500. The molecule has 1 heterocycles. The van der Waals surface area contributed by atoms with Crippen LogP contribution in [-0.2, 0) is 4.74 Å². The van der Waals surface area contributed by atoms with Gasteiger partial charge in [0.25, 0.3) is 5.91 Å². The maximum Gasteiger partial charge on any atom is 0.251 e. The Morgan fingerprint density at radius 2 is 2.33 bits per heavy atom. The van der Waals surface area contributed by atoms with E-state index < -0.39 is 0 Å². The van der Waals surface area contributed by atoms with Crippen molar-refractivity contribution in [2.24, 2.45) is 5.92 Å². The number of amides is 1. The molecule has 1 fully saturated rings. The largest absolute Gasteiger partial charge is 0.398 e. The minimum Gasteiger partial charge on any atom is -0.398 e. The van der Waals surface area contributed by atoms with Gasteiger partial charge in [0.1, 0.15) is 0 Å². The minimum absolute atomic E-state index is 0.0687. The summed E-state index contributed by atoms with van der Waals surface area (Å²) in [5, 5.41) is 2.94. The fourth-order valence-corrected chi connectivity index (χ4v) is 2.15. The summed E-state index contributed by atoms with van der Waals surface area (Å²) in [5.74, 6) is 0.345. The summed E-state index contributed by atoms with van der Waals surface area (Å²) in [6, 6.07) is 5.39. The Balaban J connectivity index is 1.93. The second-order valence-corrected chi connectivity index (χ2v) is 4.91. The molecule has 1 aromatic rings. The molecule has 4 nitrogen and oxygen atoms in total. The highest BCUT2D eigenvalue weighted by Gasteiger charge is 2.24. The Labute approximate surface area is 108 Å².